The van der Waals surface area contributed by atoms with Crippen molar-refractivity contribution in [1.29, 1.82) is 0 Å². The summed E-state index contributed by atoms with van der Waals surface area (Å²) in [7, 11) is 0. The molecule has 0 radical (unpaired) electrons. The fraction of sp³-hybridized carbons (Fsp3) is 0.200. The van der Waals surface area contributed by atoms with E-state index in [4.69, 9.17) is 4.74 Å². The number of carbonyl (C=O) groups is 2. The van der Waals surface area contributed by atoms with E-state index in [1.807, 2.05) is 32.0 Å². The van der Waals surface area contributed by atoms with Crippen LogP contribution in [-0.4, -0.2) is 23.3 Å². The van der Waals surface area contributed by atoms with Crippen molar-refractivity contribution in [2.45, 2.75) is 13.8 Å². The van der Waals surface area contributed by atoms with Gasteiger partial charge in [0, 0.05) is 6.07 Å². The Morgan fingerprint density at radius 1 is 1.21 bits per heavy atom. The number of hydrogen-bond donors (Lipinski definition) is 2. The summed E-state index contributed by atoms with van der Waals surface area (Å²) in [4.78, 5) is 33.6. The third-order valence-electron chi connectivity index (χ3n) is 3.01. The van der Waals surface area contributed by atoms with E-state index >= 15 is 0 Å². The third-order valence-corrected chi connectivity index (χ3v) is 4.05. The van der Waals surface area contributed by atoms with Crippen LogP contribution in [0, 0.1) is 24.0 Å². The number of aryl methyl sites for hydroxylation is 2. The number of nitrogens with zero attached hydrogens (tertiary/aromatic N) is 1. The maximum atomic E-state index is 11.8. The molecule has 0 unspecified atom stereocenters. The first-order chi connectivity index (χ1) is 11.4. The highest BCUT2D eigenvalue weighted by Crippen LogP contribution is 2.23. The normalized spacial score (nSPS) is 10.1. The molecule has 0 fully saturated rings. The highest BCUT2D eigenvalue weighted by molar-refractivity contribution is 7.17. The van der Waals surface area contributed by atoms with E-state index in [1.165, 1.54) is 12.1 Å². The van der Waals surface area contributed by atoms with Gasteiger partial charge in [-0.25, -0.2) is 0 Å². The fourth-order valence-corrected chi connectivity index (χ4v) is 2.49. The van der Waals surface area contributed by atoms with E-state index in [1.54, 1.807) is 0 Å². The fourth-order valence-electron chi connectivity index (χ4n) is 1.78. The smallest absolute Gasteiger partial charge is 0.324 e. The van der Waals surface area contributed by atoms with Crippen LogP contribution in [0.2, 0.25) is 0 Å². The first-order valence-electron chi connectivity index (χ1n) is 6.90. The molecule has 0 aliphatic heterocycles. The molecule has 24 heavy (non-hydrogen) atoms. The number of nitro groups is 1. The molecule has 0 bridgehead atoms. The zero-order valence-corrected chi connectivity index (χ0v) is 13.8. The number of ether oxygens (including phenoxy) is 1. The number of carbonyl (C=O) groups excluding carboxylic acids is 2. The van der Waals surface area contributed by atoms with Gasteiger partial charge in [0.15, 0.2) is 6.61 Å². The van der Waals surface area contributed by atoms with Gasteiger partial charge in [0.05, 0.1) is 4.92 Å². The Morgan fingerprint density at radius 3 is 2.62 bits per heavy atom. The molecule has 9 heteroatoms. The molecule has 1 aromatic heterocycles. The van der Waals surface area contributed by atoms with Crippen LogP contribution < -0.4 is 15.6 Å². The second-order valence-corrected chi connectivity index (χ2v) is 6.02. The SMILES string of the molecule is Cc1ccc(C)c(OCC(=O)NNC(=O)c2ccc([N+](=O)[O-])s2)c1. The van der Waals surface area contributed by atoms with Crippen molar-refractivity contribution in [2.75, 3.05) is 6.61 Å². The maximum Gasteiger partial charge on any atom is 0.324 e. The summed E-state index contributed by atoms with van der Waals surface area (Å²) in [5, 5.41) is 10.4. The molecule has 126 valence electrons. The van der Waals surface area contributed by atoms with Crippen LogP contribution in [0.1, 0.15) is 20.8 Å². The summed E-state index contributed by atoms with van der Waals surface area (Å²) < 4.78 is 5.40. The molecule has 2 rings (SSSR count). The molecule has 2 N–H and O–H groups in total. The van der Waals surface area contributed by atoms with Gasteiger partial charge in [-0.15, -0.1) is 0 Å². The molecule has 1 aromatic carbocycles. The van der Waals surface area contributed by atoms with Crippen LogP contribution in [0.15, 0.2) is 30.3 Å². The summed E-state index contributed by atoms with van der Waals surface area (Å²) in [6.45, 7) is 3.50. The highest BCUT2D eigenvalue weighted by Gasteiger charge is 2.15. The summed E-state index contributed by atoms with van der Waals surface area (Å²) in [6, 6.07) is 8.17. The van der Waals surface area contributed by atoms with Crippen molar-refractivity contribution in [3.63, 3.8) is 0 Å². The van der Waals surface area contributed by atoms with Gasteiger partial charge in [0.1, 0.15) is 10.6 Å². The average Bonchev–Trinajstić information content (AvgIpc) is 3.03. The first-order valence-corrected chi connectivity index (χ1v) is 7.72. The van der Waals surface area contributed by atoms with Gasteiger partial charge in [-0.2, -0.15) is 0 Å². The second-order valence-electron chi connectivity index (χ2n) is 4.95. The first kappa shape index (κ1) is 17.4. The molecular weight excluding hydrogens is 334 g/mol. The minimum Gasteiger partial charge on any atom is -0.483 e. The van der Waals surface area contributed by atoms with E-state index in [0.717, 1.165) is 22.5 Å². The predicted molar refractivity (Wildman–Crippen MR) is 88.0 cm³/mol. The number of benzene rings is 1. The van der Waals surface area contributed by atoms with Crippen LogP contribution in [0.5, 0.6) is 5.75 Å². The average molecular weight is 349 g/mol. The molecule has 2 amide bonds. The molecule has 1 heterocycles. The molecule has 2 aromatic rings. The van der Waals surface area contributed by atoms with Gasteiger partial charge in [-0.1, -0.05) is 23.5 Å². The van der Waals surface area contributed by atoms with Gasteiger partial charge in [0.25, 0.3) is 11.8 Å². The topological polar surface area (TPSA) is 111 Å². The molecule has 0 spiro atoms. The van der Waals surface area contributed by atoms with Gasteiger partial charge >= 0.3 is 5.00 Å². The lowest BCUT2D eigenvalue weighted by atomic mass is 10.1. The number of rotatable bonds is 5. The number of hydrogen-bond acceptors (Lipinski definition) is 6. The second kappa shape index (κ2) is 7.55. The van der Waals surface area contributed by atoms with Crippen LogP contribution in [0.3, 0.4) is 0 Å². The van der Waals surface area contributed by atoms with Crippen LogP contribution >= 0.6 is 11.3 Å². The molecule has 0 aliphatic rings. The van der Waals surface area contributed by atoms with Crippen molar-refractivity contribution in [3.8, 4) is 5.75 Å². The lowest BCUT2D eigenvalue weighted by Crippen LogP contribution is -2.43. The molecule has 8 nitrogen and oxygen atoms in total. The summed E-state index contributed by atoms with van der Waals surface area (Å²) >= 11 is 0.721. The maximum absolute atomic E-state index is 11.8. The number of hydrazine groups is 1. The number of nitrogens with one attached hydrogen (secondary N) is 2. The van der Waals surface area contributed by atoms with E-state index in [9.17, 15) is 19.7 Å². The molecule has 0 atom stereocenters. The molecule has 0 saturated carbocycles. The Bertz CT molecular complexity index is 787. The Labute approximate surface area is 141 Å². The number of thiophene rings is 1. The quantitative estimate of drug-likeness (QED) is 0.634. The zero-order valence-electron chi connectivity index (χ0n) is 13.0. The molecule has 0 saturated heterocycles. The van der Waals surface area contributed by atoms with E-state index in [-0.39, 0.29) is 16.5 Å². The lowest BCUT2D eigenvalue weighted by molar-refractivity contribution is -0.380. The minimum absolute atomic E-state index is 0.123. The Morgan fingerprint density at radius 2 is 1.96 bits per heavy atom. The van der Waals surface area contributed by atoms with Crippen molar-refractivity contribution >= 4 is 28.2 Å². The van der Waals surface area contributed by atoms with Crippen molar-refractivity contribution in [1.82, 2.24) is 10.9 Å². The van der Waals surface area contributed by atoms with Gasteiger partial charge < -0.3 is 4.74 Å². The third kappa shape index (κ3) is 4.53. The summed E-state index contributed by atoms with van der Waals surface area (Å²) in [5.74, 6) is -0.589. The van der Waals surface area contributed by atoms with Crippen molar-refractivity contribution in [2.24, 2.45) is 0 Å². The molecular formula is C15H15N3O5S. The van der Waals surface area contributed by atoms with E-state index < -0.39 is 16.7 Å². The summed E-state index contributed by atoms with van der Waals surface area (Å²) in [5.41, 5.74) is 6.27. The lowest BCUT2D eigenvalue weighted by Gasteiger charge is -2.10. The van der Waals surface area contributed by atoms with Crippen LogP contribution in [0.4, 0.5) is 5.00 Å². The Kier molecular flexibility index (Phi) is 5.48. The van der Waals surface area contributed by atoms with Gasteiger partial charge in [-0.05, 0) is 37.1 Å². The standard InChI is InChI=1S/C15H15N3O5S/c1-9-3-4-10(2)11(7-9)23-8-13(19)16-17-15(20)12-5-6-14(24-12)18(21)22/h3-7H,8H2,1-2H3,(H,16,19)(H,17,20). The van der Waals surface area contributed by atoms with Crippen LogP contribution in [-0.2, 0) is 4.79 Å². The van der Waals surface area contributed by atoms with Crippen LogP contribution in [0.25, 0.3) is 0 Å². The van der Waals surface area contributed by atoms with Gasteiger partial charge in [0.2, 0.25) is 0 Å². The Hall–Kier alpha value is -2.94. The Balaban J connectivity index is 1.83. The zero-order chi connectivity index (χ0) is 17.7. The van der Waals surface area contributed by atoms with Crippen molar-refractivity contribution < 1.29 is 19.2 Å². The number of amides is 2. The van der Waals surface area contributed by atoms with Gasteiger partial charge in [-0.3, -0.25) is 30.6 Å². The highest BCUT2D eigenvalue weighted by atomic mass is 32.1. The monoisotopic (exact) mass is 349 g/mol. The summed E-state index contributed by atoms with van der Waals surface area (Å²) in [6.07, 6.45) is 0. The minimum atomic E-state index is -0.631. The molecule has 0 aliphatic carbocycles. The van der Waals surface area contributed by atoms with E-state index in [2.05, 4.69) is 10.9 Å². The van der Waals surface area contributed by atoms with E-state index in [0.29, 0.717) is 5.75 Å². The largest absolute Gasteiger partial charge is 0.483 e. The predicted octanol–water partition coefficient (Wildman–Crippen LogP) is 2.11. The van der Waals surface area contributed by atoms with Crippen molar-refractivity contribution in [3.05, 3.63) is 56.5 Å².